The van der Waals surface area contributed by atoms with Gasteiger partial charge in [-0.2, -0.15) is 0 Å². The molecule has 0 saturated carbocycles. The Morgan fingerprint density at radius 3 is 2.05 bits per heavy atom. The Balaban J connectivity index is 4.79. The van der Waals surface area contributed by atoms with Gasteiger partial charge in [-0.15, -0.1) is 0 Å². The van der Waals surface area contributed by atoms with Crippen LogP contribution in [0.1, 0.15) is 39.5 Å². The smallest absolute Gasteiger partial charge is 0.326 e. The van der Waals surface area contributed by atoms with Crippen molar-refractivity contribution in [1.29, 1.82) is 0 Å². The van der Waals surface area contributed by atoms with E-state index in [1.165, 1.54) is 0 Å². The number of carboxylic acid groups (broad SMARTS) is 2. The molecule has 7 nitrogen and oxygen atoms in total. The minimum absolute atomic E-state index is 0.122. The zero-order valence-electron chi connectivity index (χ0n) is 11.3. The number of nitrogens with two attached hydrogens (primary N) is 1. The summed E-state index contributed by atoms with van der Waals surface area (Å²) in [5.74, 6) is -2.78. The van der Waals surface area contributed by atoms with Gasteiger partial charge >= 0.3 is 11.9 Å². The van der Waals surface area contributed by atoms with E-state index in [9.17, 15) is 14.4 Å². The number of aliphatic carboxylic acids is 2. The van der Waals surface area contributed by atoms with Gasteiger partial charge in [-0.25, -0.2) is 4.79 Å². The van der Waals surface area contributed by atoms with Crippen molar-refractivity contribution in [2.24, 2.45) is 11.1 Å². The van der Waals surface area contributed by atoms with Gasteiger partial charge in [-0.1, -0.05) is 13.8 Å². The van der Waals surface area contributed by atoms with Crippen LogP contribution in [0.5, 0.6) is 0 Å². The molecule has 0 bridgehead atoms. The lowest BCUT2D eigenvalue weighted by molar-refractivity contribution is -0.145. The van der Waals surface area contributed by atoms with Crippen molar-refractivity contribution in [3.63, 3.8) is 0 Å². The van der Waals surface area contributed by atoms with E-state index >= 15 is 0 Å². The summed E-state index contributed by atoms with van der Waals surface area (Å²) in [5, 5.41) is 19.9. The molecule has 0 rings (SSSR count). The van der Waals surface area contributed by atoms with Crippen molar-refractivity contribution >= 4 is 17.8 Å². The molecule has 0 radical (unpaired) electrons. The first-order valence-corrected chi connectivity index (χ1v) is 6.28. The molecule has 0 saturated heterocycles. The number of carbonyl (C=O) groups is 3. The van der Waals surface area contributed by atoms with Crippen LogP contribution in [-0.2, 0) is 14.4 Å². The van der Waals surface area contributed by atoms with Crippen LogP contribution in [0.4, 0.5) is 0 Å². The third-order valence-electron chi connectivity index (χ3n) is 3.48. The van der Waals surface area contributed by atoms with Crippen molar-refractivity contribution < 1.29 is 24.6 Å². The zero-order valence-corrected chi connectivity index (χ0v) is 11.3. The molecule has 0 aromatic rings. The molecule has 1 atom stereocenters. The first-order chi connectivity index (χ1) is 8.82. The molecule has 0 aliphatic heterocycles. The van der Waals surface area contributed by atoms with E-state index in [1.807, 2.05) is 13.8 Å². The summed E-state index contributed by atoms with van der Waals surface area (Å²) < 4.78 is 0. The molecule has 0 aliphatic carbocycles. The van der Waals surface area contributed by atoms with E-state index in [2.05, 4.69) is 5.32 Å². The fourth-order valence-corrected chi connectivity index (χ4v) is 1.79. The van der Waals surface area contributed by atoms with E-state index < -0.39 is 29.3 Å². The predicted octanol–water partition coefficient (Wildman–Crippen LogP) is 0.186. The van der Waals surface area contributed by atoms with Crippen LogP contribution in [0.2, 0.25) is 0 Å². The van der Waals surface area contributed by atoms with Gasteiger partial charge in [0.25, 0.3) is 0 Å². The Labute approximate surface area is 112 Å². The number of rotatable bonds is 9. The van der Waals surface area contributed by atoms with Crippen LogP contribution >= 0.6 is 0 Å². The van der Waals surface area contributed by atoms with Crippen LogP contribution in [0.3, 0.4) is 0 Å². The Bertz CT molecular complexity index is 331. The average Bonchev–Trinajstić information content (AvgIpc) is 2.36. The number of carbonyl (C=O) groups excluding carboxylic acids is 1. The molecule has 1 amide bonds. The van der Waals surface area contributed by atoms with Gasteiger partial charge in [0.15, 0.2) is 0 Å². The van der Waals surface area contributed by atoms with E-state index in [4.69, 9.17) is 15.9 Å². The summed E-state index contributed by atoms with van der Waals surface area (Å²) in [6.45, 7) is 3.74. The molecule has 0 spiro atoms. The van der Waals surface area contributed by atoms with Gasteiger partial charge in [-0.3, -0.25) is 9.59 Å². The topological polar surface area (TPSA) is 130 Å². The summed E-state index contributed by atoms with van der Waals surface area (Å²) in [4.78, 5) is 33.6. The minimum Gasteiger partial charge on any atom is -0.481 e. The van der Waals surface area contributed by atoms with E-state index in [0.717, 1.165) is 0 Å². The van der Waals surface area contributed by atoms with Gasteiger partial charge in [0.05, 0.1) is 5.41 Å². The van der Waals surface area contributed by atoms with Crippen LogP contribution in [0.25, 0.3) is 0 Å². The highest BCUT2D eigenvalue weighted by Gasteiger charge is 2.35. The average molecular weight is 274 g/mol. The molecular formula is C12H22N2O5. The predicted molar refractivity (Wildman–Crippen MR) is 68.5 cm³/mol. The second-order valence-corrected chi connectivity index (χ2v) is 4.49. The molecule has 0 fully saturated rings. The highest BCUT2D eigenvalue weighted by Crippen LogP contribution is 2.25. The minimum atomic E-state index is -1.24. The Kier molecular flexibility index (Phi) is 7.06. The maximum absolute atomic E-state index is 12.1. The number of carboxylic acids is 2. The van der Waals surface area contributed by atoms with Crippen molar-refractivity contribution in [3.05, 3.63) is 0 Å². The molecule has 110 valence electrons. The SMILES string of the molecule is CCC(CC)(CN)C(=O)NC(CCC(=O)O)C(=O)O. The summed E-state index contributed by atoms with van der Waals surface area (Å²) in [7, 11) is 0. The van der Waals surface area contributed by atoms with Gasteiger partial charge in [0.2, 0.25) is 5.91 Å². The lowest BCUT2D eigenvalue weighted by Crippen LogP contribution is -2.51. The zero-order chi connectivity index (χ0) is 15.1. The van der Waals surface area contributed by atoms with Crippen LogP contribution in [0, 0.1) is 5.41 Å². The summed E-state index contributed by atoms with van der Waals surface area (Å²) >= 11 is 0. The first-order valence-electron chi connectivity index (χ1n) is 6.28. The molecule has 0 aromatic carbocycles. The van der Waals surface area contributed by atoms with Crippen LogP contribution in [-0.4, -0.2) is 40.6 Å². The van der Waals surface area contributed by atoms with E-state index in [0.29, 0.717) is 12.8 Å². The Morgan fingerprint density at radius 1 is 1.21 bits per heavy atom. The summed E-state index contributed by atoms with van der Waals surface area (Å²) in [6, 6.07) is -1.20. The van der Waals surface area contributed by atoms with Crippen LogP contribution in [0.15, 0.2) is 0 Å². The lowest BCUT2D eigenvalue weighted by Gasteiger charge is -2.30. The van der Waals surface area contributed by atoms with Crippen molar-refractivity contribution in [3.8, 4) is 0 Å². The Hall–Kier alpha value is -1.63. The molecule has 0 aromatic heterocycles. The fraction of sp³-hybridized carbons (Fsp3) is 0.750. The molecule has 0 heterocycles. The monoisotopic (exact) mass is 274 g/mol. The van der Waals surface area contributed by atoms with Crippen LogP contribution < -0.4 is 11.1 Å². The van der Waals surface area contributed by atoms with Crippen molar-refractivity contribution in [2.45, 2.75) is 45.6 Å². The molecule has 0 aliphatic rings. The quantitative estimate of drug-likeness (QED) is 0.474. The summed E-state index contributed by atoms with van der Waals surface area (Å²) in [6.07, 6.45) is 0.532. The van der Waals surface area contributed by atoms with Crippen molar-refractivity contribution in [2.75, 3.05) is 6.54 Å². The second kappa shape index (κ2) is 7.73. The molecular weight excluding hydrogens is 252 g/mol. The highest BCUT2D eigenvalue weighted by atomic mass is 16.4. The standard InChI is InChI=1S/C12H22N2O5/c1-3-12(4-2,7-13)11(19)14-8(10(17)18)5-6-9(15)16/h8H,3-7,13H2,1-2H3,(H,14,19)(H,15,16)(H,17,18). The molecule has 5 N–H and O–H groups in total. The fourth-order valence-electron chi connectivity index (χ4n) is 1.79. The van der Waals surface area contributed by atoms with E-state index in [1.54, 1.807) is 0 Å². The summed E-state index contributed by atoms with van der Waals surface area (Å²) in [5.41, 5.74) is 4.81. The number of amides is 1. The number of hydrogen-bond donors (Lipinski definition) is 4. The normalized spacial score (nSPS) is 12.8. The highest BCUT2D eigenvalue weighted by molar-refractivity contribution is 5.87. The number of hydrogen-bond acceptors (Lipinski definition) is 4. The Morgan fingerprint density at radius 2 is 1.74 bits per heavy atom. The second-order valence-electron chi connectivity index (χ2n) is 4.49. The van der Waals surface area contributed by atoms with Gasteiger partial charge in [-0.05, 0) is 19.3 Å². The third kappa shape index (κ3) is 4.86. The lowest BCUT2D eigenvalue weighted by atomic mass is 9.81. The first kappa shape index (κ1) is 17.4. The molecule has 7 heteroatoms. The largest absolute Gasteiger partial charge is 0.481 e. The van der Waals surface area contributed by atoms with Gasteiger partial charge < -0.3 is 21.3 Å². The van der Waals surface area contributed by atoms with Gasteiger partial charge in [0, 0.05) is 13.0 Å². The maximum Gasteiger partial charge on any atom is 0.326 e. The molecule has 19 heavy (non-hydrogen) atoms. The van der Waals surface area contributed by atoms with Gasteiger partial charge in [0.1, 0.15) is 6.04 Å². The number of nitrogens with one attached hydrogen (secondary N) is 1. The van der Waals surface area contributed by atoms with E-state index in [-0.39, 0.29) is 19.4 Å². The van der Waals surface area contributed by atoms with Crippen molar-refractivity contribution in [1.82, 2.24) is 5.32 Å². The third-order valence-corrected chi connectivity index (χ3v) is 3.48. The maximum atomic E-state index is 12.1. The molecule has 1 unspecified atom stereocenters.